The highest BCUT2D eigenvalue weighted by atomic mass is 35.5. The van der Waals surface area contributed by atoms with Crippen molar-refractivity contribution in [1.29, 1.82) is 0 Å². The summed E-state index contributed by atoms with van der Waals surface area (Å²) >= 11 is 6.15. The molecule has 0 atom stereocenters. The number of carbonyl (C=O) groups is 1. The summed E-state index contributed by atoms with van der Waals surface area (Å²) in [5.74, 6) is -1.88. The van der Waals surface area contributed by atoms with Crippen LogP contribution in [0.4, 0.5) is 40.3 Å². The van der Waals surface area contributed by atoms with E-state index in [4.69, 9.17) is 20.0 Å². The summed E-state index contributed by atoms with van der Waals surface area (Å²) in [5.41, 5.74) is -0.896. The number of benzene rings is 5. The Morgan fingerprint density at radius 3 is 1.84 bits per heavy atom. The Morgan fingerprint density at radius 1 is 0.672 bits per heavy atom. The number of hydrogen-bond donors (Lipinski definition) is 4. The predicted octanol–water partition coefficient (Wildman–Crippen LogP) is 6.02. The van der Waals surface area contributed by atoms with Crippen LogP contribution in [0.3, 0.4) is 0 Å². The molecule has 6 rings (SSSR count). The molecule has 0 fully saturated rings. The fourth-order valence-corrected chi connectivity index (χ4v) is 8.58. The van der Waals surface area contributed by atoms with Crippen molar-refractivity contribution in [3.63, 3.8) is 0 Å². The van der Waals surface area contributed by atoms with E-state index >= 15 is 0 Å². The summed E-state index contributed by atoms with van der Waals surface area (Å²) < 4.78 is 111. The van der Waals surface area contributed by atoms with Gasteiger partial charge in [-0.1, -0.05) is 18.2 Å². The quantitative estimate of drug-likeness (QED) is 0.0717. The first-order valence-corrected chi connectivity index (χ1v) is 23.9. The molecular formula is C36H31ClN8O12S4. The lowest BCUT2D eigenvalue weighted by Crippen LogP contribution is -2.13. The number of anilines is 5. The molecule has 0 aliphatic carbocycles. The Morgan fingerprint density at radius 2 is 1.25 bits per heavy atom. The average molecular weight is 931 g/mol. The van der Waals surface area contributed by atoms with Gasteiger partial charge in [0.15, 0.2) is 25.4 Å². The number of sulfone groups is 2. The minimum atomic E-state index is -4.78. The van der Waals surface area contributed by atoms with Gasteiger partial charge in [-0.25, -0.2) is 16.8 Å². The fraction of sp³-hybridized carbons (Fsp3) is 0.111. The van der Waals surface area contributed by atoms with Gasteiger partial charge in [-0.05, 0) is 89.8 Å². The molecule has 1 amide bonds. The van der Waals surface area contributed by atoms with Crippen molar-refractivity contribution in [3.05, 3.63) is 102 Å². The van der Waals surface area contributed by atoms with Crippen LogP contribution < -0.4 is 16.0 Å². The summed E-state index contributed by atoms with van der Waals surface area (Å²) in [7, 11) is -15.1. The zero-order valence-electron chi connectivity index (χ0n) is 31.8. The van der Waals surface area contributed by atoms with Gasteiger partial charge in [-0.2, -0.15) is 31.8 Å². The van der Waals surface area contributed by atoms with Crippen LogP contribution in [-0.2, 0) is 48.3 Å². The molecule has 0 saturated heterocycles. The highest BCUT2D eigenvalue weighted by Crippen LogP contribution is 2.46. The Labute approximate surface area is 353 Å². The van der Waals surface area contributed by atoms with E-state index < -0.39 is 72.7 Å². The monoisotopic (exact) mass is 930 g/mol. The van der Waals surface area contributed by atoms with E-state index in [-0.39, 0.29) is 54.7 Å². The number of azo groups is 1. The third-order valence-corrected chi connectivity index (χ3v) is 13.4. The lowest BCUT2D eigenvalue weighted by atomic mass is 10.1. The minimum absolute atomic E-state index is 0.0707. The number of phenols is 1. The maximum Gasteiger partial charge on any atom is 0.299 e. The van der Waals surface area contributed by atoms with E-state index in [0.717, 1.165) is 57.1 Å². The van der Waals surface area contributed by atoms with E-state index in [1.54, 1.807) is 18.2 Å². The highest BCUT2D eigenvalue weighted by Gasteiger charge is 2.28. The lowest BCUT2D eigenvalue weighted by Gasteiger charge is -2.16. The standard InChI is InChI=1S/C36H31ClN8O12S4/c1-56-60(52,53)28-15-12-23(39-36-42-34(37)41-35(43-36)38-22-10-13-24(14-11-22)58(3,48)49)18-26(28)44-45-31-29(61(54,55)57-2)17-21-16-25(59(4,50)51)19-27(30(21)32(31)46)40-33(47)20-8-6-5-7-9-20/h5-19,46H,1-4H3,(H,40,47)(H2,38,39,41,42,43). The summed E-state index contributed by atoms with van der Waals surface area (Å²) in [6.45, 7) is 0. The number of aromatic hydroxyl groups is 1. The molecule has 0 radical (unpaired) electrons. The first-order valence-electron chi connectivity index (χ1n) is 16.9. The maximum atomic E-state index is 13.3. The Hall–Kier alpha value is -6.15. The molecule has 318 valence electrons. The minimum Gasteiger partial charge on any atom is -0.505 e. The van der Waals surface area contributed by atoms with Crippen molar-refractivity contribution in [2.24, 2.45) is 10.2 Å². The molecular weight excluding hydrogens is 900 g/mol. The van der Waals surface area contributed by atoms with Crippen LogP contribution in [0.15, 0.2) is 121 Å². The first-order chi connectivity index (χ1) is 28.6. The number of aromatic nitrogens is 3. The van der Waals surface area contributed by atoms with Gasteiger partial charge in [-0.15, -0.1) is 10.2 Å². The second kappa shape index (κ2) is 17.1. The number of halogens is 1. The summed E-state index contributed by atoms with van der Waals surface area (Å²) in [6.07, 6.45) is 1.94. The number of fused-ring (bicyclic) bond motifs is 1. The molecule has 0 unspecified atom stereocenters. The summed E-state index contributed by atoms with van der Waals surface area (Å²) in [5, 5.41) is 27.2. The van der Waals surface area contributed by atoms with Gasteiger partial charge in [-0.3, -0.25) is 13.2 Å². The molecule has 5 aromatic carbocycles. The zero-order chi connectivity index (χ0) is 44.5. The van der Waals surface area contributed by atoms with Gasteiger partial charge < -0.3 is 21.1 Å². The van der Waals surface area contributed by atoms with Gasteiger partial charge in [0.05, 0.1) is 29.7 Å². The largest absolute Gasteiger partial charge is 0.505 e. The van der Waals surface area contributed by atoms with Crippen molar-refractivity contribution in [1.82, 2.24) is 15.0 Å². The number of hydrogen-bond acceptors (Lipinski definition) is 19. The van der Waals surface area contributed by atoms with Crippen molar-refractivity contribution >= 4 is 109 Å². The lowest BCUT2D eigenvalue weighted by molar-refractivity contribution is 0.102. The molecule has 6 aromatic rings. The maximum absolute atomic E-state index is 13.3. The van der Waals surface area contributed by atoms with Gasteiger partial charge >= 0.3 is 0 Å². The second-order valence-corrected chi connectivity index (χ2v) is 20.4. The second-order valence-electron chi connectivity index (χ2n) is 12.7. The van der Waals surface area contributed by atoms with Crippen molar-refractivity contribution in [2.75, 3.05) is 42.7 Å². The van der Waals surface area contributed by atoms with Gasteiger partial charge in [0.2, 0.25) is 17.2 Å². The van der Waals surface area contributed by atoms with E-state index in [1.807, 2.05) is 0 Å². The molecule has 1 aromatic heterocycles. The predicted molar refractivity (Wildman–Crippen MR) is 223 cm³/mol. The smallest absolute Gasteiger partial charge is 0.299 e. The number of nitrogens with one attached hydrogen (secondary N) is 3. The molecule has 0 aliphatic heterocycles. The Kier molecular flexibility index (Phi) is 12.4. The molecule has 1 heterocycles. The molecule has 0 spiro atoms. The van der Waals surface area contributed by atoms with Crippen LogP contribution in [0.5, 0.6) is 5.75 Å². The zero-order valence-corrected chi connectivity index (χ0v) is 35.9. The summed E-state index contributed by atoms with van der Waals surface area (Å²) in [4.78, 5) is 23.9. The van der Waals surface area contributed by atoms with Crippen molar-refractivity contribution in [3.8, 4) is 5.75 Å². The van der Waals surface area contributed by atoms with E-state index in [2.05, 4.69) is 41.1 Å². The third kappa shape index (κ3) is 10.1. The number of carbonyl (C=O) groups excluding carboxylic acids is 1. The molecule has 0 aliphatic rings. The Balaban J connectivity index is 1.46. The fourth-order valence-electron chi connectivity index (χ4n) is 5.52. The molecule has 0 bridgehead atoms. The number of rotatable bonds is 14. The highest BCUT2D eigenvalue weighted by molar-refractivity contribution is 7.91. The molecule has 61 heavy (non-hydrogen) atoms. The van der Waals surface area contributed by atoms with Crippen molar-refractivity contribution < 1.29 is 51.9 Å². The Bertz CT molecular complexity index is 3210. The summed E-state index contributed by atoms with van der Waals surface area (Å²) in [6, 6.07) is 20.0. The average Bonchev–Trinajstić information content (AvgIpc) is 3.19. The number of amides is 1. The molecule has 0 saturated carbocycles. The van der Waals surface area contributed by atoms with Crippen LogP contribution >= 0.6 is 11.6 Å². The van der Waals surface area contributed by atoms with E-state index in [1.165, 1.54) is 42.5 Å². The molecule has 4 N–H and O–H groups in total. The van der Waals surface area contributed by atoms with E-state index in [0.29, 0.717) is 5.69 Å². The topological polar surface area (TPSA) is 292 Å². The van der Waals surface area contributed by atoms with Crippen molar-refractivity contribution in [2.45, 2.75) is 19.6 Å². The first kappa shape index (κ1) is 44.4. The third-order valence-electron chi connectivity index (χ3n) is 8.43. The van der Waals surface area contributed by atoms with Gasteiger partial charge in [0.1, 0.15) is 21.2 Å². The van der Waals surface area contributed by atoms with E-state index in [9.17, 15) is 43.6 Å². The van der Waals surface area contributed by atoms with Crippen LogP contribution in [0, 0.1) is 0 Å². The number of nitrogens with zero attached hydrogens (tertiary/aromatic N) is 5. The molecule has 25 heteroatoms. The normalized spacial score (nSPS) is 12.4. The molecule has 20 nitrogen and oxygen atoms in total. The number of phenolic OH excluding ortho intramolecular Hbond substituents is 1. The van der Waals surface area contributed by atoms with Crippen LogP contribution in [-0.4, -0.2) is 86.4 Å². The van der Waals surface area contributed by atoms with Gasteiger partial charge in [0, 0.05) is 34.8 Å². The van der Waals surface area contributed by atoms with Crippen LogP contribution in [0.25, 0.3) is 10.8 Å². The van der Waals surface area contributed by atoms with Crippen LogP contribution in [0.1, 0.15) is 10.4 Å². The SMILES string of the molecule is COS(=O)(=O)c1ccc(Nc2nc(Cl)nc(Nc3ccc(S(C)(=O)=O)cc3)n2)cc1N=Nc1c(S(=O)(=O)OC)cc2cc(S(C)(=O)=O)cc(NC(=O)c3ccccc3)c2c1O. The van der Waals surface area contributed by atoms with Crippen LogP contribution in [0.2, 0.25) is 5.28 Å². The van der Waals surface area contributed by atoms with Gasteiger partial charge in [0.25, 0.3) is 26.1 Å².